The third-order valence-corrected chi connectivity index (χ3v) is 5.11. The van der Waals surface area contributed by atoms with Gasteiger partial charge in [0.15, 0.2) is 0 Å². The highest BCUT2D eigenvalue weighted by Crippen LogP contribution is 2.52. The summed E-state index contributed by atoms with van der Waals surface area (Å²) in [6.07, 6.45) is -9.00. The van der Waals surface area contributed by atoms with E-state index in [1.807, 2.05) is 0 Å². The third kappa shape index (κ3) is 8.14. The molecule has 17 heteroatoms. The Morgan fingerprint density at radius 3 is 1.74 bits per heavy atom. The maximum Gasteiger partial charge on any atom is 0.383 e. The second-order valence-corrected chi connectivity index (χ2v) is 12.5. The standard InChI is InChI=1S/C6H15O11P3S3/c7-4-2(15-18(9,10)21)1-3(16-19(11,12)22)6(5(4)8)17-20(13,14)23/h2-8H,1H2,(H2,9,10,21)(H2,11,12,22)(H2,13,14,23)/t2-,3+,4-,5-,6-/m0/s1. The van der Waals surface area contributed by atoms with Crippen LogP contribution in [0.3, 0.4) is 0 Å². The molecule has 0 amide bonds. The van der Waals surface area contributed by atoms with Crippen LogP contribution < -0.4 is 0 Å². The molecule has 1 saturated carbocycles. The number of thiol groups is 1. The van der Waals surface area contributed by atoms with Crippen molar-refractivity contribution in [3.63, 3.8) is 0 Å². The van der Waals surface area contributed by atoms with E-state index in [4.69, 9.17) is 9.42 Å². The van der Waals surface area contributed by atoms with Crippen molar-refractivity contribution in [1.82, 2.24) is 0 Å². The molecule has 1 aliphatic carbocycles. The average Bonchev–Trinajstić information content (AvgIpc) is 2.26. The van der Waals surface area contributed by atoms with E-state index in [1.165, 1.54) is 0 Å². The van der Waals surface area contributed by atoms with E-state index < -0.39 is 57.2 Å². The zero-order valence-corrected chi connectivity index (χ0v) is 16.2. The molecule has 0 aromatic heterocycles. The molecule has 1 rings (SSSR count). The zero-order chi connectivity index (χ0) is 18.2. The number of aliphatic hydroxyl groups excluding tert-OH is 2. The van der Waals surface area contributed by atoms with Gasteiger partial charge in [0.2, 0.25) is 0 Å². The van der Waals surface area contributed by atoms with Crippen LogP contribution in [0.5, 0.6) is 0 Å². The fraction of sp³-hybridized carbons (Fsp3) is 1.00. The highest BCUT2D eigenvalue weighted by Gasteiger charge is 2.49. The lowest BCUT2D eigenvalue weighted by molar-refractivity contribution is -0.160. The van der Waals surface area contributed by atoms with Crippen LogP contribution in [0.25, 0.3) is 0 Å². The van der Waals surface area contributed by atoms with Crippen LogP contribution in [0.4, 0.5) is 0 Å². The molecule has 0 saturated heterocycles. The molecule has 0 aromatic rings. The van der Waals surface area contributed by atoms with Crippen LogP contribution >= 0.6 is 32.5 Å². The van der Waals surface area contributed by atoms with E-state index in [-0.39, 0.29) is 0 Å². The molecule has 0 radical (unpaired) electrons. The lowest BCUT2D eigenvalue weighted by Gasteiger charge is -2.42. The van der Waals surface area contributed by atoms with Gasteiger partial charge in [-0.1, -0.05) is 12.2 Å². The molecule has 1 unspecified atom stereocenters. The summed E-state index contributed by atoms with van der Waals surface area (Å²) in [5.41, 5.74) is 0. The zero-order valence-electron chi connectivity index (χ0n) is 11.0. The largest absolute Gasteiger partial charge is 0.388 e. The fourth-order valence-electron chi connectivity index (χ4n) is 1.99. The van der Waals surface area contributed by atoms with Gasteiger partial charge in [-0.3, -0.25) is 9.05 Å². The predicted molar refractivity (Wildman–Crippen MR) is 87.5 cm³/mol. The van der Waals surface area contributed by atoms with Gasteiger partial charge in [0.1, 0.15) is 18.3 Å². The molecule has 1 aliphatic rings. The number of hydrogen-bond acceptors (Lipinski definition) is 8. The summed E-state index contributed by atoms with van der Waals surface area (Å²) in [4.78, 5) is 45.9. The van der Waals surface area contributed by atoms with E-state index in [9.17, 15) is 34.4 Å². The summed E-state index contributed by atoms with van der Waals surface area (Å²) in [5, 5.41) is 19.8. The first-order valence-electron chi connectivity index (χ1n) is 5.67. The topological polar surface area (TPSA) is 186 Å². The molecule has 0 aliphatic heterocycles. The highest BCUT2D eigenvalue weighted by atomic mass is 32.7. The summed E-state index contributed by atoms with van der Waals surface area (Å²) in [6.45, 7) is -13.0. The van der Waals surface area contributed by atoms with Crippen LogP contribution in [0.2, 0.25) is 0 Å². The second-order valence-electron chi connectivity index (χ2n) is 4.55. The highest BCUT2D eigenvalue weighted by molar-refractivity contribution is 8.44. The minimum absolute atomic E-state index is 0.511. The van der Waals surface area contributed by atoms with E-state index in [2.05, 4.69) is 44.9 Å². The van der Waals surface area contributed by atoms with Crippen molar-refractivity contribution in [2.75, 3.05) is 0 Å². The van der Waals surface area contributed by atoms with Gasteiger partial charge in [-0.2, -0.15) is 0 Å². The van der Waals surface area contributed by atoms with Gasteiger partial charge in [-0.05, 0) is 23.6 Å². The molecule has 7 N–H and O–H groups in total. The minimum atomic E-state index is -4.36. The maximum absolute atomic E-state index is 11.2. The molecule has 0 heterocycles. The van der Waals surface area contributed by atoms with Crippen LogP contribution in [0, 0.1) is 0 Å². The molecule has 1 fully saturated rings. The van der Waals surface area contributed by atoms with Gasteiger partial charge in [-0.15, -0.1) is 0 Å². The maximum atomic E-state index is 11.2. The fourth-order valence-corrected chi connectivity index (χ4v) is 4.68. The van der Waals surface area contributed by atoms with Crippen LogP contribution in [0.1, 0.15) is 6.42 Å². The van der Waals surface area contributed by atoms with Crippen LogP contribution in [-0.4, -0.2) is 65.2 Å². The molecule has 138 valence electrons. The summed E-state index contributed by atoms with van der Waals surface area (Å²) in [5.74, 6) is 0. The molecular formula is C6H15O11P3S3. The van der Waals surface area contributed by atoms with Crippen molar-refractivity contribution in [2.45, 2.75) is 36.9 Å². The van der Waals surface area contributed by atoms with Crippen LogP contribution in [-0.2, 0) is 41.8 Å². The van der Waals surface area contributed by atoms with Crippen molar-refractivity contribution in [1.29, 1.82) is 0 Å². The minimum Gasteiger partial charge on any atom is -0.388 e. The lowest BCUT2D eigenvalue weighted by atomic mass is 9.87. The number of aliphatic hydroxyl groups is 2. The molecule has 11 nitrogen and oxygen atoms in total. The van der Waals surface area contributed by atoms with Crippen molar-refractivity contribution >= 4 is 56.1 Å². The van der Waals surface area contributed by atoms with Gasteiger partial charge < -0.3 is 39.2 Å². The molecule has 0 spiro atoms. The molecule has 0 aromatic carbocycles. The second kappa shape index (κ2) is 8.01. The number of rotatable bonds is 6. The van der Waals surface area contributed by atoms with E-state index >= 15 is 0 Å². The quantitative estimate of drug-likeness (QED) is 0.176. The average molecular weight is 452 g/mol. The summed E-state index contributed by atoms with van der Waals surface area (Å²) < 4.78 is 25.1. The predicted octanol–water partition coefficient (Wildman–Crippen LogP) is -1.28. The number of hydrogen-bond donors (Lipinski definition) is 8. The Hall–Kier alpha value is 1.48. The van der Waals surface area contributed by atoms with Crippen molar-refractivity contribution in [2.24, 2.45) is 0 Å². The van der Waals surface area contributed by atoms with E-state index in [0.29, 0.717) is 0 Å². The monoisotopic (exact) mass is 452 g/mol. The van der Waals surface area contributed by atoms with Gasteiger partial charge >= 0.3 is 20.2 Å². The van der Waals surface area contributed by atoms with E-state index in [0.717, 1.165) is 0 Å². The molecule has 6 atom stereocenters. The molecule has 0 bridgehead atoms. The smallest absolute Gasteiger partial charge is 0.383 e. The Kier molecular flexibility index (Phi) is 7.85. The SMILES string of the molecule is O=P(O)(S)O[C@H]1C[C@@H](OP(O)(O)=S)[C@H](OP(O)(O)=S)[C@@H](O)[C@H]1O. The normalized spacial score (nSPS) is 35.7. The first-order valence-corrected chi connectivity index (χ1v) is 13.7. The first-order chi connectivity index (χ1) is 10.1. The molecular weight excluding hydrogens is 437 g/mol. The van der Waals surface area contributed by atoms with Crippen molar-refractivity contribution < 1.29 is 52.8 Å². The first kappa shape index (κ1) is 22.5. The Morgan fingerprint density at radius 1 is 0.870 bits per heavy atom. The molecule has 23 heavy (non-hydrogen) atoms. The van der Waals surface area contributed by atoms with Crippen LogP contribution in [0.15, 0.2) is 0 Å². The summed E-state index contributed by atoms with van der Waals surface area (Å²) in [7, 11) is 0. The van der Waals surface area contributed by atoms with Crippen molar-refractivity contribution in [3.8, 4) is 0 Å². The van der Waals surface area contributed by atoms with Gasteiger partial charge in [0.25, 0.3) is 0 Å². The van der Waals surface area contributed by atoms with E-state index in [1.54, 1.807) is 0 Å². The Balaban J connectivity index is 3.08. The van der Waals surface area contributed by atoms with Crippen molar-refractivity contribution in [3.05, 3.63) is 0 Å². The Labute approximate surface area is 146 Å². The van der Waals surface area contributed by atoms with Gasteiger partial charge in [0, 0.05) is 6.42 Å². The Morgan fingerprint density at radius 2 is 1.35 bits per heavy atom. The Bertz CT molecular complexity index is 555. The summed E-state index contributed by atoms with van der Waals surface area (Å²) in [6, 6.07) is 0. The lowest BCUT2D eigenvalue weighted by Crippen LogP contribution is -2.57. The summed E-state index contributed by atoms with van der Waals surface area (Å²) >= 11 is 11.8. The van der Waals surface area contributed by atoms with Gasteiger partial charge in [0.05, 0.1) is 12.2 Å². The van der Waals surface area contributed by atoms with Gasteiger partial charge in [-0.25, -0.2) is 4.57 Å². The third-order valence-electron chi connectivity index (χ3n) is 2.70.